The standard InChI is InChI=1S/C17H18N6/c1-13-3-2-4-15(9-13)22-17(18)20-10-14-5-7-16(8-6-14)23-12-19-11-21-23/h2-9,11-12H,10H2,1H3,(H3,18,20,22). The summed E-state index contributed by atoms with van der Waals surface area (Å²) in [6.07, 6.45) is 3.17. The Bertz CT molecular complexity index is 790. The van der Waals surface area contributed by atoms with E-state index in [1.165, 1.54) is 11.9 Å². The van der Waals surface area contributed by atoms with E-state index in [1.54, 1.807) is 11.0 Å². The van der Waals surface area contributed by atoms with E-state index in [0.717, 1.165) is 16.9 Å². The molecule has 116 valence electrons. The van der Waals surface area contributed by atoms with Crippen molar-refractivity contribution in [3.05, 3.63) is 72.3 Å². The van der Waals surface area contributed by atoms with Crippen molar-refractivity contribution in [2.75, 3.05) is 5.32 Å². The van der Waals surface area contributed by atoms with Gasteiger partial charge in [-0.05, 0) is 42.3 Å². The Morgan fingerprint density at radius 2 is 2.04 bits per heavy atom. The van der Waals surface area contributed by atoms with E-state index < -0.39 is 0 Å². The number of nitrogens with two attached hydrogens (primary N) is 1. The highest BCUT2D eigenvalue weighted by molar-refractivity contribution is 5.92. The van der Waals surface area contributed by atoms with E-state index in [9.17, 15) is 0 Å². The van der Waals surface area contributed by atoms with Gasteiger partial charge in [-0.15, -0.1) is 0 Å². The summed E-state index contributed by atoms with van der Waals surface area (Å²) in [4.78, 5) is 8.29. The maximum atomic E-state index is 5.93. The van der Waals surface area contributed by atoms with Gasteiger partial charge in [-0.2, -0.15) is 5.10 Å². The van der Waals surface area contributed by atoms with Crippen LogP contribution in [0.5, 0.6) is 0 Å². The third-order valence-corrected chi connectivity index (χ3v) is 3.34. The van der Waals surface area contributed by atoms with Gasteiger partial charge in [0.25, 0.3) is 0 Å². The van der Waals surface area contributed by atoms with Crippen molar-refractivity contribution in [2.45, 2.75) is 13.5 Å². The number of aromatic nitrogens is 3. The van der Waals surface area contributed by atoms with Crippen LogP contribution in [-0.4, -0.2) is 20.7 Å². The van der Waals surface area contributed by atoms with Crippen LogP contribution in [0.4, 0.5) is 5.69 Å². The summed E-state index contributed by atoms with van der Waals surface area (Å²) in [6.45, 7) is 2.55. The van der Waals surface area contributed by atoms with Crippen molar-refractivity contribution in [3.63, 3.8) is 0 Å². The molecule has 0 fully saturated rings. The van der Waals surface area contributed by atoms with Gasteiger partial charge in [0.2, 0.25) is 0 Å². The minimum absolute atomic E-state index is 0.399. The molecule has 0 unspecified atom stereocenters. The molecule has 0 aliphatic carbocycles. The van der Waals surface area contributed by atoms with Crippen LogP contribution < -0.4 is 11.1 Å². The molecule has 3 rings (SSSR count). The number of hydrogen-bond acceptors (Lipinski definition) is 3. The zero-order valence-corrected chi connectivity index (χ0v) is 12.8. The number of guanidine groups is 1. The van der Waals surface area contributed by atoms with E-state index in [0.29, 0.717) is 12.5 Å². The molecule has 0 radical (unpaired) electrons. The van der Waals surface area contributed by atoms with E-state index >= 15 is 0 Å². The summed E-state index contributed by atoms with van der Waals surface area (Å²) in [5, 5.41) is 7.18. The van der Waals surface area contributed by atoms with Gasteiger partial charge in [0.15, 0.2) is 5.96 Å². The van der Waals surface area contributed by atoms with Gasteiger partial charge in [-0.3, -0.25) is 0 Å². The van der Waals surface area contributed by atoms with Crippen LogP contribution in [-0.2, 0) is 6.54 Å². The normalized spacial score (nSPS) is 11.4. The van der Waals surface area contributed by atoms with Gasteiger partial charge in [-0.25, -0.2) is 14.7 Å². The number of anilines is 1. The lowest BCUT2D eigenvalue weighted by Crippen LogP contribution is -2.22. The van der Waals surface area contributed by atoms with Gasteiger partial charge < -0.3 is 11.1 Å². The topological polar surface area (TPSA) is 81.1 Å². The molecule has 0 saturated heterocycles. The molecule has 0 saturated carbocycles. The van der Waals surface area contributed by atoms with Crippen LogP contribution in [0, 0.1) is 6.92 Å². The van der Waals surface area contributed by atoms with Crippen LogP contribution >= 0.6 is 0 Å². The lowest BCUT2D eigenvalue weighted by molar-refractivity contribution is 0.877. The van der Waals surface area contributed by atoms with Gasteiger partial charge in [0.1, 0.15) is 12.7 Å². The smallest absolute Gasteiger partial charge is 0.193 e. The zero-order valence-electron chi connectivity index (χ0n) is 12.8. The number of nitrogens with zero attached hydrogens (tertiary/aromatic N) is 4. The first-order valence-corrected chi connectivity index (χ1v) is 7.28. The lowest BCUT2D eigenvalue weighted by atomic mass is 10.2. The SMILES string of the molecule is Cc1cccc(NC(N)=NCc2ccc(-n3cncn3)cc2)c1. The quantitative estimate of drug-likeness (QED) is 0.573. The Morgan fingerprint density at radius 3 is 2.74 bits per heavy atom. The molecule has 6 heteroatoms. The summed E-state index contributed by atoms with van der Waals surface area (Å²) in [5.41, 5.74) is 10.1. The molecule has 2 aromatic carbocycles. The molecule has 0 aliphatic rings. The Hall–Kier alpha value is -3.15. The molecule has 0 aliphatic heterocycles. The fraction of sp³-hybridized carbons (Fsp3) is 0.118. The van der Waals surface area contributed by atoms with Gasteiger partial charge in [0.05, 0.1) is 12.2 Å². The van der Waals surface area contributed by atoms with E-state index in [1.807, 2.05) is 55.5 Å². The highest BCUT2D eigenvalue weighted by Crippen LogP contribution is 2.10. The van der Waals surface area contributed by atoms with Crippen molar-refractivity contribution >= 4 is 11.6 Å². The molecule has 0 bridgehead atoms. The number of rotatable bonds is 4. The second-order valence-corrected chi connectivity index (χ2v) is 5.20. The minimum atomic E-state index is 0.399. The molecular formula is C17H18N6. The number of aliphatic imine (C=N–C) groups is 1. The zero-order chi connectivity index (χ0) is 16.1. The highest BCUT2D eigenvalue weighted by atomic mass is 15.3. The summed E-state index contributed by atoms with van der Waals surface area (Å²) in [7, 11) is 0. The fourth-order valence-corrected chi connectivity index (χ4v) is 2.18. The number of benzene rings is 2. The molecule has 3 N–H and O–H groups in total. The Morgan fingerprint density at radius 1 is 1.22 bits per heavy atom. The van der Waals surface area contributed by atoms with Crippen molar-refractivity contribution in [3.8, 4) is 5.69 Å². The average Bonchev–Trinajstić information content (AvgIpc) is 3.08. The van der Waals surface area contributed by atoms with E-state index in [2.05, 4.69) is 20.4 Å². The van der Waals surface area contributed by atoms with Crippen LogP contribution in [0.25, 0.3) is 5.69 Å². The summed E-state index contributed by atoms with van der Waals surface area (Å²) in [6, 6.07) is 16.0. The predicted molar refractivity (Wildman–Crippen MR) is 91.5 cm³/mol. The van der Waals surface area contributed by atoms with Crippen LogP contribution in [0.2, 0.25) is 0 Å². The molecular weight excluding hydrogens is 288 g/mol. The summed E-state index contributed by atoms with van der Waals surface area (Å²) in [5.74, 6) is 0.399. The van der Waals surface area contributed by atoms with E-state index in [4.69, 9.17) is 5.73 Å². The molecule has 0 spiro atoms. The lowest BCUT2D eigenvalue weighted by Gasteiger charge is -2.06. The maximum absolute atomic E-state index is 5.93. The Balaban J connectivity index is 1.62. The Kier molecular flexibility index (Phi) is 4.33. The van der Waals surface area contributed by atoms with Gasteiger partial charge in [0, 0.05) is 5.69 Å². The first-order valence-electron chi connectivity index (χ1n) is 7.28. The molecule has 1 heterocycles. The second kappa shape index (κ2) is 6.74. The molecule has 6 nitrogen and oxygen atoms in total. The van der Waals surface area contributed by atoms with Crippen molar-refractivity contribution in [2.24, 2.45) is 10.7 Å². The Labute approximate surface area is 134 Å². The number of nitrogens with one attached hydrogen (secondary N) is 1. The molecule has 1 aromatic heterocycles. The first kappa shape index (κ1) is 14.8. The molecule has 0 amide bonds. The number of aryl methyl sites for hydroxylation is 1. The van der Waals surface area contributed by atoms with Crippen LogP contribution in [0.15, 0.2) is 66.2 Å². The van der Waals surface area contributed by atoms with E-state index in [-0.39, 0.29) is 0 Å². The summed E-state index contributed by atoms with van der Waals surface area (Å²) < 4.78 is 1.71. The van der Waals surface area contributed by atoms with Crippen LogP contribution in [0.3, 0.4) is 0 Å². The maximum Gasteiger partial charge on any atom is 0.193 e. The third kappa shape index (κ3) is 3.94. The third-order valence-electron chi connectivity index (χ3n) is 3.34. The fourth-order valence-electron chi connectivity index (χ4n) is 2.18. The monoisotopic (exact) mass is 306 g/mol. The predicted octanol–water partition coefficient (Wildman–Crippen LogP) is 2.50. The molecule has 0 atom stereocenters. The van der Waals surface area contributed by atoms with Crippen molar-refractivity contribution < 1.29 is 0 Å². The van der Waals surface area contributed by atoms with Crippen LogP contribution in [0.1, 0.15) is 11.1 Å². The second-order valence-electron chi connectivity index (χ2n) is 5.20. The minimum Gasteiger partial charge on any atom is -0.370 e. The largest absolute Gasteiger partial charge is 0.370 e. The van der Waals surface area contributed by atoms with Gasteiger partial charge >= 0.3 is 0 Å². The average molecular weight is 306 g/mol. The summed E-state index contributed by atoms with van der Waals surface area (Å²) >= 11 is 0. The number of hydrogen-bond donors (Lipinski definition) is 2. The molecule has 3 aromatic rings. The van der Waals surface area contributed by atoms with Gasteiger partial charge in [-0.1, -0.05) is 24.3 Å². The molecule has 23 heavy (non-hydrogen) atoms. The van der Waals surface area contributed by atoms with Crippen molar-refractivity contribution in [1.29, 1.82) is 0 Å². The highest BCUT2D eigenvalue weighted by Gasteiger charge is 1.99. The first-order chi connectivity index (χ1) is 11.2. The van der Waals surface area contributed by atoms with Crippen molar-refractivity contribution in [1.82, 2.24) is 14.8 Å².